The van der Waals surface area contributed by atoms with E-state index in [0.29, 0.717) is 11.5 Å². The van der Waals surface area contributed by atoms with Gasteiger partial charge in [0, 0.05) is 6.04 Å². The zero-order chi connectivity index (χ0) is 16.0. The van der Waals surface area contributed by atoms with E-state index in [-0.39, 0.29) is 0 Å². The standard InChI is InChI=1S/C22H29N/c1-23-21-13-8-15-22(16-14-21,17-19-9-4-2-5-10-19)18-20-11-6-3-7-12-20/h2-7,9-12,21,23H,8,13-18H2,1H3. The van der Waals surface area contributed by atoms with Crippen molar-refractivity contribution in [1.29, 1.82) is 0 Å². The molecule has 2 aromatic rings. The number of rotatable bonds is 5. The van der Waals surface area contributed by atoms with Crippen molar-refractivity contribution in [3.05, 3.63) is 71.8 Å². The molecule has 0 saturated heterocycles. The Kier molecular flexibility index (Phi) is 5.51. The Labute approximate surface area is 141 Å². The summed E-state index contributed by atoms with van der Waals surface area (Å²) in [7, 11) is 2.12. The molecule has 0 radical (unpaired) electrons. The van der Waals surface area contributed by atoms with Gasteiger partial charge in [0.15, 0.2) is 0 Å². The van der Waals surface area contributed by atoms with Crippen LogP contribution in [0.25, 0.3) is 0 Å². The van der Waals surface area contributed by atoms with Gasteiger partial charge in [0.25, 0.3) is 0 Å². The maximum absolute atomic E-state index is 3.51. The van der Waals surface area contributed by atoms with Gasteiger partial charge >= 0.3 is 0 Å². The summed E-state index contributed by atoms with van der Waals surface area (Å²) in [5.41, 5.74) is 3.39. The highest BCUT2D eigenvalue weighted by Gasteiger charge is 2.33. The number of benzene rings is 2. The first kappa shape index (κ1) is 16.3. The van der Waals surface area contributed by atoms with Gasteiger partial charge in [-0.15, -0.1) is 0 Å². The lowest BCUT2D eigenvalue weighted by molar-refractivity contribution is 0.237. The topological polar surface area (TPSA) is 12.0 Å². The third-order valence-electron chi connectivity index (χ3n) is 5.53. The highest BCUT2D eigenvalue weighted by molar-refractivity contribution is 5.21. The van der Waals surface area contributed by atoms with Crippen molar-refractivity contribution in [2.24, 2.45) is 5.41 Å². The Bertz CT molecular complexity index is 534. The summed E-state index contributed by atoms with van der Waals surface area (Å²) in [5.74, 6) is 0. The SMILES string of the molecule is CNC1CCCC(Cc2ccccc2)(Cc2ccccc2)CC1. The summed E-state index contributed by atoms with van der Waals surface area (Å²) in [4.78, 5) is 0. The number of nitrogens with one attached hydrogen (secondary N) is 1. The maximum Gasteiger partial charge on any atom is 0.00642 e. The van der Waals surface area contributed by atoms with Gasteiger partial charge in [-0.2, -0.15) is 0 Å². The van der Waals surface area contributed by atoms with Crippen LogP contribution in [0.5, 0.6) is 0 Å². The van der Waals surface area contributed by atoms with E-state index in [1.54, 1.807) is 0 Å². The molecule has 0 spiro atoms. The molecule has 122 valence electrons. The lowest BCUT2D eigenvalue weighted by Gasteiger charge is -2.34. The van der Waals surface area contributed by atoms with Crippen LogP contribution in [0.15, 0.2) is 60.7 Å². The zero-order valence-corrected chi connectivity index (χ0v) is 14.3. The summed E-state index contributed by atoms with van der Waals surface area (Å²) in [6, 6.07) is 22.9. The van der Waals surface area contributed by atoms with Crippen LogP contribution in [0.3, 0.4) is 0 Å². The Morgan fingerprint density at radius 2 is 1.39 bits per heavy atom. The lowest BCUT2D eigenvalue weighted by Crippen LogP contribution is -2.28. The average Bonchev–Trinajstić information content (AvgIpc) is 2.79. The molecule has 1 N–H and O–H groups in total. The van der Waals surface area contributed by atoms with Crippen molar-refractivity contribution < 1.29 is 0 Å². The van der Waals surface area contributed by atoms with Crippen molar-refractivity contribution in [3.63, 3.8) is 0 Å². The van der Waals surface area contributed by atoms with Crippen molar-refractivity contribution in [2.45, 2.75) is 51.0 Å². The van der Waals surface area contributed by atoms with Crippen molar-refractivity contribution in [1.82, 2.24) is 5.32 Å². The van der Waals surface area contributed by atoms with Gasteiger partial charge in [-0.3, -0.25) is 0 Å². The maximum atomic E-state index is 3.51. The molecule has 1 heteroatoms. The normalized spacial score (nSPS) is 20.8. The number of hydrogen-bond acceptors (Lipinski definition) is 1. The van der Waals surface area contributed by atoms with E-state index in [1.165, 1.54) is 56.1 Å². The third-order valence-corrected chi connectivity index (χ3v) is 5.53. The van der Waals surface area contributed by atoms with E-state index < -0.39 is 0 Å². The summed E-state index contributed by atoms with van der Waals surface area (Å²) in [6.07, 6.45) is 9.04. The molecule has 0 heterocycles. The van der Waals surface area contributed by atoms with Crippen molar-refractivity contribution in [3.8, 4) is 0 Å². The fraction of sp³-hybridized carbons (Fsp3) is 0.455. The van der Waals surface area contributed by atoms with Crippen LogP contribution in [0.4, 0.5) is 0 Å². The van der Waals surface area contributed by atoms with Crippen LogP contribution in [0.1, 0.15) is 43.2 Å². The van der Waals surface area contributed by atoms with Crippen LogP contribution in [-0.4, -0.2) is 13.1 Å². The summed E-state index contributed by atoms with van der Waals surface area (Å²) >= 11 is 0. The second-order valence-corrected chi connectivity index (χ2v) is 7.24. The molecule has 1 aliphatic rings. The molecule has 0 amide bonds. The highest BCUT2D eigenvalue weighted by atomic mass is 14.9. The van der Waals surface area contributed by atoms with Gasteiger partial charge in [0.05, 0.1) is 0 Å². The first-order valence-corrected chi connectivity index (χ1v) is 9.05. The molecule has 0 aromatic heterocycles. The molecule has 2 aromatic carbocycles. The largest absolute Gasteiger partial charge is 0.317 e. The summed E-state index contributed by atoms with van der Waals surface area (Å²) in [6.45, 7) is 0. The predicted molar refractivity (Wildman–Crippen MR) is 98.7 cm³/mol. The number of hydrogen-bond donors (Lipinski definition) is 1. The van der Waals surface area contributed by atoms with Crippen LogP contribution in [0, 0.1) is 5.41 Å². The third kappa shape index (κ3) is 4.45. The Morgan fingerprint density at radius 3 is 1.91 bits per heavy atom. The van der Waals surface area contributed by atoms with Crippen LogP contribution in [0.2, 0.25) is 0 Å². The average molecular weight is 307 g/mol. The van der Waals surface area contributed by atoms with Crippen LogP contribution < -0.4 is 5.32 Å². The minimum Gasteiger partial charge on any atom is -0.317 e. The van der Waals surface area contributed by atoms with Crippen molar-refractivity contribution >= 4 is 0 Å². The van der Waals surface area contributed by atoms with Gasteiger partial charge in [0.1, 0.15) is 0 Å². The van der Waals surface area contributed by atoms with E-state index in [2.05, 4.69) is 73.0 Å². The zero-order valence-electron chi connectivity index (χ0n) is 14.3. The van der Waals surface area contributed by atoms with Gasteiger partial charge in [-0.25, -0.2) is 0 Å². The molecule has 1 saturated carbocycles. The minimum absolute atomic E-state index is 0.411. The smallest absolute Gasteiger partial charge is 0.00642 e. The van der Waals surface area contributed by atoms with Crippen LogP contribution >= 0.6 is 0 Å². The summed E-state index contributed by atoms with van der Waals surface area (Å²) < 4.78 is 0. The van der Waals surface area contributed by atoms with E-state index in [1.807, 2.05) is 0 Å². The van der Waals surface area contributed by atoms with Crippen molar-refractivity contribution in [2.75, 3.05) is 7.05 Å². The molecular weight excluding hydrogens is 278 g/mol. The van der Waals surface area contributed by atoms with Gasteiger partial charge in [0.2, 0.25) is 0 Å². The molecule has 3 rings (SSSR count). The second-order valence-electron chi connectivity index (χ2n) is 7.24. The Balaban J connectivity index is 1.83. The molecule has 1 nitrogen and oxygen atoms in total. The van der Waals surface area contributed by atoms with Crippen LogP contribution in [-0.2, 0) is 12.8 Å². The molecule has 1 fully saturated rings. The fourth-order valence-electron chi connectivity index (χ4n) is 4.24. The molecule has 1 unspecified atom stereocenters. The molecule has 0 bridgehead atoms. The van der Waals surface area contributed by atoms with Gasteiger partial charge in [-0.05, 0) is 62.1 Å². The molecule has 1 atom stereocenters. The quantitative estimate of drug-likeness (QED) is 0.766. The van der Waals surface area contributed by atoms with E-state index in [0.717, 1.165) is 0 Å². The fourth-order valence-corrected chi connectivity index (χ4v) is 4.24. The lowest BCUT2D eigenvalue weighted by atomic mass is 9.71. The Hall–Kier alpha value is -1.60. The van der Waals surface area contributed by atoms with E-state index >= 15 is 0 Å². The first-order chi connectivity index (χ1) is 11.3. The molecule has 0 aliphatic heterocycles. The second kappa shape index (κ2) is 7.79. The Morgan fingerprint density at radius 1 is 0.826 bits per heavy atom. The van der Waals surface area contributed by atoms with E-state index in [9.17, 15) is 0 Å². The van der Waals surface area contributed by atoms with Gasteiger partial charge in [-0.1, -0.05) is 67.1 Å². The predicted octanol–water partition coefficient (Wildman–Crippen LogP) is 5.01. The van der Waals surface area contributed by atoms with E-state index in [4.69, 9.17) is 0 Å². The molecular formula is C22H29N. The molecule has 23 heavy (non-hydrogen) atoms. The summed E-state index contributed by atoms with van der Waals surface area (Å²) in [5, 5.41) is 3.51. The minimum atomic E-state index is 0.411. The van der Waals surface area contributed by atoms with Gasteiger partial charge < -0.3 is 5.32 Å². The highest BCUT2D eigenvalue weighted by Crippen LogP contribution is 2.41. The first-order valence-electron chi connectivity index (χ1n) is 9.05. The monoisotopic (exact) mass is 307 g/mol. The molecule has 1 aliphatic carbocycles.